The fourth-order valence-corrected chi connectivity index (χ4v) is 4.58. The topological polar surface area (TPSA) is 40.6 Å². The molecule has 1 saturated heterocycles. The normalized spacial score (nSPS) is 23.1. The van der Waals surface area contributed by atoms with E-state index in [4.69, 9.17) is 0 Å². The summed E-state index contributed by atoms with van der Waals surface area (Å²) in [6.45, 7) is 10.9. The maximum Gasteiger partial charge on any atom is 0.277 e. The van der Waals surface area contributed by atoms with Crippen molar-refractivity contribution >= 4 is 17.4 Å². The molecule has 2 amide bonds. The Hall–Kier alpha value is -2.10. The van der Waals surface area contributed by atoms with Gasteiger partial charge in [0.25, 0.3) is 11.8 Å². The third kappa shape index (κ3) is 4.31. The van der Waals surface area contributed by atoms with Gasteiger partial charge in [0, 0.05) is 19.6 Å². The lowest BCUT2D eigenvalue weighted by Crippen LogP contribution is -2.42. The number of imide groups is 1. The van der Waals surface area contributed by atoms with E-state index in [1.165, 1.54) is 11.3 Å². The predicted octanol–water partition coefficient (Wildman–Crippen LogP) is 4.63. The molecule has 0 radical (unpaired) electrons. The van der Waals surface area contributed by atoms with Gasteiger partial charge in [-0.1, -0.05) is 69.9 Å². The van der Waals surface area contributed by atoms with Gasteiger partial charge >= 0.3 is 0 Å². The Morgan fingerprint density at radius 1 is 0.929 bits per heavy atom. The summed E-state index contributed by atoms with van der Waals surface area (Å²) in [5.74, 6) is 0.832. The van der Waals surface area contributed by atoms with Gasteiger partial charge in [-0.15, -0.1) is 0 Å². The molecule has 1 aromatic carbocycles. The molecule has 2 unspecified atom stereocenters. The number of carbonyl (C=O) groups excluding carboxylic acids is 2. The molecule has 0 spiro atoms. The molecule has 4 nitrogen and oxygen atoms in total. The number of benzene rings is 1. The molecule has 2 heterocycles. The fraction of sp³-hybridized carbons (Fsp3) is 0.583. The van der Waals surface area contributed by atoms with Crippen LogP contribution in [0.3, 0.4) is 0 Å². The first-order valence-corrected chi connectivity index (χ1v) is 10.8. The van der Waals surface area contributed by atoms with Crippen molar-refractivity contribution in [2.24, 2.45) is 11.8 Å². The van der Waals surface area contributed by atoms with Crippen LogP contribution >= 0.6 is 0 Å². The molecular formula is C24H34N2O2. The third-order valence-electron chi connectivity index (χ3n) is 5.90. The van der Waals surface area contributed by atoms with E-state index in [9.17, 15) is 9.59 Å². The number of piperidine rings is 1. The molecule has 2 aliphatic rings. The van der Waals surface area contributed by atoms with Crippen LogP contribution in [0.5, 0.6) is 0 Å². The summed E-state index contributed by atoms with van der Waals surface area (Å²) < 4.78 is 0. The van der Waals surface area contributed by atoms with Crippen molar-refractivity contribution in [3.05, 3.63) is 41.1 Å². The summed E-state index contributed by atoms with van der Waals surface area (Å²) in [7, 11) is 0. The first kappa shape index (κ1) is 20.6. The Morgan fingerprint density at radius 2 is 1.57 bits per heavy atom. The van der Waals surface area contributed by atoms with Gasteiger partial charge in [-0.2, -0.15) is 0 Å². The van der Waals surface area contributed by atoms with Gasteiger partial charge in [0.1, 0.15) is 5.70 Å². The number of nitrogens with zero attached hydrogens (tertiary/aromatic N) is 2. The Balaban J connectivity index is 1.94. The van der Waals surface area contributed by atoms with Crippen LogP contribution in [0.1, 0.15) is 64.0 Å². The minimum Gasteiger partial charge on any atom is -0.366 e. The Labute approximate surface area is 169 Å². The van der Waals surface area contributed by atoms with Crippen LogP contribution in [0.4, 0.5) is 0 Å². The second-order valence-corrected chi connectivity index (χ2v) is 8.76. The predicted molar refractivity (Wildman–Crippen MR) is 113 cm³/mol. The SMILES string of the molecule is CCCCCCN1C(=O)C(c2ccc(C)cc2)=C(N2CC(C)CC(C)C2)C1=O. The number of likely N-dealkylation sites (tertiary alicyclic amines) is 1. The summed E-state index contributed by atoms with van der Waals surface area (Å²) in [4.78, 5) is 30.3. The molecule has 0 aliphatic carbocycles. The quantitative estimate of drug-likeness (QED) is 0.510. The van der Waals surface area contributed by atoms with Crippen LogP contribution in [0, 0.1) is 18.8 Å². The van der Waals surface area contributed by atoms with Crippen molar-refractivity contribution in [2.75, 3.05) is 19.6 Å². The first-order chi connectivity index (χ1) is 13.4. The molecule has 0 saturated carbocycles. The van der Waals surface area contributed by atoms with E-state index in [0.29, 0.717) is 29.7 Å². The van der Waals surface area contributed by atoms with E-state index in [2.05, 4.69) is 25.7 Å². The maximum atomic E-state index is 13.3. The number of amides is 2. The summed E-state index contributed by atoms with van der Waals surface area (Å²) >= 11 is 0. The van der Waals surface area contributed by atoms with Gasteiger partial charge in [-0.25, -0.2) is 0 Å². The lowest BCUT2D eigenvalue weighted by molar-refractivity contribution is -0.137. The molecule has 152 valence electrons. The zero-order chi connectivity index (χ0) is 20.3. The average Bonchev–Trinajstić information content (AvgIpc) is 2.89. The van der Waals surface area contributed by atoms with E-state index in [0.717, 1.165) is 49.9 Å². The van der Waals surface area contributed by atoms with Gasteiger partial charge in [-0.05, 0) is 37.2 Å². The monoisotopic (exact) mass is 382 g/mol. The number of carbonyl (C=O) groups is 2. The number of hydrogen-bond donors (Lipinski definition) is 0. The summed E-state index contributed by atoms with van der Waals surface area (Å²) in [6.07, 6.45) is 5.39. The smallest absolute Gasteiger partial charge is 0.277 e. The van der Waals surface area contributed by atoms with Crippen molar-refractivity contribution in [2.45, 2.75) is 59.8 Å². The average molecular weight is 383 g/mol. The van der Waals surface area contributed by atoms with Gasteiger partial charge in [0.15, 0.2) is 0 Å². The van der Waals surface area contributed by atoms with Crippen molar-refractivity contribution in [1.82, 2.24) is 9.80 Å². The van der Waals surface area contributed by atoms with E-state index in [-0.39, 0.29) is 11.8 Å². The second kappa shape index (κ2) is 8.93. The summed E-state index contributed by atoms with van der Waals surface area (Å²) in [5.41, 5.74) is 3.24. The molecule has 0 N–H and O–H groups in total. The van der Waals surface area contributed by atoms with Crippen molar-refractivity contribution in [1.29, 1.82) is 0 Å². The van der Waals surface area contributed by atoms with Gasteiger partial charge in [-0.3, -0.25) is 14.5 Å². The fourth-order valence-electron chi connectivity index (χ4n) is 4.58. The van der Waals surface area contributed by atoms with Gasteiger partial charge in [0.2, 0.25) is 0 Å². The number of rotatable bonds is 7. The minimum atomic E-state index is -0.119. The summed E-state index contributed by atoms with van der Waals surface area (Å²) in [5, 5.41) is 0. The molecule has 4 heteroatoms. The summed E-state index contributed by atoms with van der Waals surface area (Å²) in [6, 6.07) is 7.99. The first-order valence-electron chi connectivity index (χ1n) is 10.8. The zero-order valence-corrected chi connectivity index (χ0v) is 17.8. The lowest BCUT2D eigenvalue weighted by atomic mass is 9.91. The second-order valence-electron chi connectivity index (χ2n) is 8.76. The number of hydrogen-bond acceptors (Lipinski definition) is 3. The van der Waals surface area contributed by atoms with Crippen molar-refractivity contribution in [3.63, 3.8) is 0 Å². The highest BCUT2D eigenvalue weighted by Gasteiger charge is 2.42. The van der Waals surface area contributed by atoms with E-state index in [1.807, 2.05) is 31.2 Å². The van der Waals surface area contributed by atoms with Crippen molar-refractivity contribution in [3.8, 4) is 0 Å². The number of unbranched alkanes of at least 4 members (excludes halogenated alkanes) is 3. The Kier molecular flexibility index (Phi) is 6.58. The Morgan fingerprint density at radius 3 is 2.18 bits per heavy atom. The van der Waals surface area contributed by atoms with Crippen LogP contribution in [-0.2, 0) is 9.59 Å². The molecule has 0 bridgehead atoms. The van der Waals surface area contributed by atoms with Gasteiger partial charge < -0.3 is 4.90 Å². The molecule has 0 aromatic heterocycles. The van der Waals surface area contributed by atoms with Crippen molar-refractivity contribution < 1.29 is 9.59 Å². The molecule has 3 rings (SSSR count). The number of aryl methyl sites for hydroxylation is 1. The highest BCUT2D eigenvalue weighted by atomic mass is 16.2. The van der Waals surface area contributed by atoms with Crippen LogP contribution in [-0.4, -0.2) is 41.2 Å². The lowest BCUT2D eigenvalue weighted by Gasteiger charge is -2.37. The maximum absolute atomic E-state index is 13.3. The zero-order valence-electron chi connectivity index (χ0n) is 17.8. The largest absolute Gasteiger partial charge is 0.366 e. The van der Waals surface area contributed by atoms with Crippen LogP contribution in [0.25, 0.3) is 5.57 Å². The highest BCUT2D eigenvalue weighted by molar-refractivity contribution is 6.35. The Bertz CT molecular complexity index is 740. The molecule has 2 aliphatic heterocycles. The highest BCUT2D eigenvalue weighted by Crippen LogP contribution is 2.35. The van der Waals surface area contributed by atoms with E-state index >= 15 is 0 Å². The molecular weight excluding hydrogens is 348 g/mol. The molecule has 1 fully saturated rings. The van der Waals surface area contributed by atoms with Crippen LogP contribution in [0.15, 0.2) is 30.0 Å². The molecule has 1 aromatic rings. The molecule has 2 atom stereocenters. The van der Waals surface area contributed by atoms with Crippen LogP contribution < -0.4 is 0 Å². The third-order valence-corrected chi connectivity index (χ3v) is 5.90. The minimum absolute atomic E-state index is 0.0987. The van der Waals surface area contributed by atoms with E-state index < -0.39 is 0 Å². The van der Waals surface area contributed by atoms with E-state index in [1.54, 1.807) is 0 Å². The standard InChI is InChI=1S/C24H34N2O2/c1-5-6-7-8-13-26-23(27)21(20-11-9-17(2)10-12-20)22(24(26)28)25-15-18(3)14-19(4)16-25/h9-12,18-19H,5-8,13-16H2,1-4H3. The van der Waals surface area contributed by atoms with Gasteiger partial charge in [0.05, 0.1) is 5.57 Å². The molecule has 28 heavy (non-hydrogen) atoms. The van der Waals surface area contributed by atoms with Crippen LogP contribution in [0.2, 0.25) is 0 Å².